The fourth-order valence-electron chi connectivity index (χ4n) is 2.31. The van der Waals surface area contributed by atoms with Crippen molar-refractivity contribution < 1.29 is 27.8 Å². The van der Waals surface area contributed by atoms with Crippen LogP contribution in [0.3, 0.4) is 0 Å². The monoisotopic (exact) mass is 324 g/mol. The molecule has 0 aromatic heterocycles. The SMILES string of the molecule is CCOC(=O)C1CCCN1S(=O)(=O)NC(CCO)COC. The topological polar surface area (TPSA) is 105 Å². The number of methoxy groups -OCH3 is 1. The Kier molecular flexibility index (Phi) is 7.53. The van der Waals surface area contributed by atoms with Crippen molar-refractivity contribution in [2.24, 2.45) is 0 Å². The minimum atomic E-state index is -3.82. The Bertz CT molecular complexity index is 421. The highest BCUT2D eigenvalue weighted by Crippen LogP contribution is 2.21. The van der Waals surface area contributed by atoms with Gasteiger partial charge in [-0.05, 0) is 26.2 Å². The fraction of sp³-hybridized carbons (Fsp3) is 0.917. The summed E-state index contributed by atoms with van der Waals surface area (Å²) in [5.41, 5.74) is 0. The lowest BCUT2D eigenvalue weighted by atomic mass is 10.2. The predicted molar refractivity (Wildman–Crippen MR) is 75.8 cm³/mol. The van der Waals surface area contributed by atoms with Crippen molar-refractivity contribution in [3.05, 3.63) is 0 Å². The molecule has 0 amide bonds. The third-order valence-corrected chi connectivity index (χ3v) is 4.92. The lowest BCUT2D eigenvalue weighted by Crippen LogP contribution is -2.51. The molecule has 0 aromatic carbocycles. The number of nitrogens with one attached hydrogen (secondary N) is 1. The number of rotatable bonds is 9. The molecule has 0 radical (unpaired) electrons. The van der Waals surface area contributed by atoms with Gasteiger partial charge in [0, 0.05) is 26.3 Å². The van der Waals surface area contributed by atoms with Crippen molar-refractivity contribution in [2.45, 2.75) is 38.3 Å². The van der Waals surface area contributed by atoms with E-state index in [1.54, 1.807) is 6.92 Å². The van der Waals surface area contributed by atoms with Crippen LogP contribution in [0, 0.1) is 0 Å². The van der Waals surface area contributed by atoms with Crippen molar-refractivity contribution in [3.63, 3.8) is 0 Å². The molecule has 1 aliphatic rings. The molecule has 8 nitrogen and oxygen atoms in total. The lowest BCUT2D eigenvalue weighted by molar-refractivity contribution is -0.146. The molecule has 0 aliphatic carbocycles. The molecule has 21 heavy (non-hydrogen) atoms. The second-order valence-corrected chi connectivity index (χ2v) is 6.46. The van der Waals surface area contributed by atoms with Gasteiger partial charge in [0.05, 0.1) is 13.2 Å². The molecule has 2 N–H and O–H groups in total. The van der Waals surface area contributed by atoms with E-state index in [0.29, 0.717) is 12.8 Å². The van der Waals surface area contributed by atoms with Crippen molar-refractivity contribution in [1.29, 1.82) is 0 Å². The van der Waals surface area contributed by atoms with Gasteiger partial charge in [-0.1, -0.05) is 0 Å². The average molecular weight is 324 g/mol. The van der Waals surface area contributed by atoms with Crippen molar-refractivity contribution in [2.75, 3.05) is 33.5 Å². The molecule has 2 unspecified atom stereocenters. The van der Waals surface area contributed by atoms with Crippen LogP contribution in [0.25, 0.3) is 0 Å². The second kappa shape index (κ2) is 8.64. The number of hydrogen-bond donors (Lipinski definition) is 2. The smallest absolute Gasteiger partial charge is 0.324 e. The molecular weight excluding hydrogens is 300 g/mol. The van der Waals surface area contributed by atoms with E-state index in [0.717, 1.165) is 4.31 Å². The van der Waals surface area contributed by atoms with Gasteiger partial charge in [0.15, 0.2) is 0 Å². The molecule has 1 aliphatic heterocycles. The first-order chi connectivity index (χ1) is 9.96. The number of carbonyl (C=O) groups excluding carboxylic acids is 1. The Labute approximate surface area is 125 Å². The van der Waals surface area contributed by atoms with Gasteiger partial charge in [-0.3, -0.25) is 4.79 Å². The Balaban J connectivity index is 2.77. The molecule has 1 heterocycles. The van der Waals surface area contributed by atoms with Crippen molar-refractivity contribution in [1.82, 2.24) is 9.03 Å². The third kappa shape index (κ3) is 5.19. The molecule has 0 spiro atoms. The standard InChI is InChI=1S/C12H24N2O6S/c1-3-20-12(16)11-5-4-7-14(11)21(17,18)13-10(6-8-15)9-19-2/h10-11,13,15H,3-9H2,1-2H3. The fourth-order valence-corrected chi connectivity index (χ4v) is 3.95. The minimum absolute atomic E-state index is 0.150. The Morgan fingerprint density at radius 3 is 2.81 bits per heavy atom. The molecule has 0 bridgehead atoms. The second-order valence-electron chi connectivity index (χ2n) is 4.81. The molecule has 124 valence electrons. The summed E-state index contributed by atoms with van der Waals surface area (Å²) >= 11 is 0. The minimum Gasteiger partial charge on any atom is -0.465 e. The summed E-state index contributed by atoms with van der Waals surface area (Å²) in [6.45, 7) is 2.17. The predicted octanol–water partition coefficient (Wildman–Crippen LogP) is -0.754. The molecule has 2 atom stereocenters. The van der Waals surface area contributed by atoms with Gasteiger partial charge >= 0.3 is 5.97 Å². The highest BCUT2D eigenvalue weighted by molar-refractivity contribution is 7.87. The Morgan fingerprint density at radius 1 is 1.52 bits per heavy atom. The Hall–Kier alpha value is -0.740. The highest BCUT2D eigenvalue weighted by atomic mass is 32.2. The zero-order valence-corrected chi connectivity index (χ0v) is 13.3. The van der Waals surface area contributed by atoms with Crippen molar-refractivity contribution in [3.8, 4) is 0 Å². The molecule has 0 saturated carbocycles. The summed E-state index contributed by atoms with van der Waals surface area (Å²) in [6.07, 6.45) is 1.30. The lowest BCUT2D eigenvalue weighted by Gasteiger charge is -2.25. The van der Waals surface area contributed by atoms with Crippen molar-refractivity contribution >= 4 is 16.2 Å². The van der Waals surface area contributed by atoms with Gasteiger partial charge in [0.1, 0.15) is 6.04 Å². The van der Waals surface area contributed by atoms with Crippen LogP contribution in [-0.4, -0.2) is 69.4 Å². The van der Waals surface area contributed by atoms with E-state index < -0.39 is 28.3 Å². The summed E-state index contributed by atoms with van der Waals surface area (Å²) in [6, 6.07) is -1.31. The number of carbonyl (C=O) groups is 1. The molecule has 0 aromatic rings. The van der Waals surface area contributed by atoms with Gasteiger partial charge in [-0.15, -0.1) is 0 Å². The number of nitrogens with zero attached hydrogens (tertiary/aromatic N) is 1. The number of hydrogen-bond acceptors (Lipinski definition) is 6. The zero-order valence-electron chi connectivity index (χ0n) is 12.4. The van der Waals surface area contributed by atoms with Crippen LogP contribution in [0.2, 0.25) is 0 Å². The maximum Gasteiger partial charge on any atom is 0.324 e. The normalized spacial score (nSPS) is 21.4. The quantitative estimate of drug-likeness (QED) is 0.541. The van der Waals surface area contributed by atoms with Gasteiger partial charge in [-0.25, -0.2) is 0 Å². The summed E-state index contributed by atoms with van der Waals surface area (Å²) in [7, 11) is -2.37. The third-order valence-electron chi connectivity index (χ3n) is 3.23. The summed E-state index contributed by atoms with van der Waals surface area (Å²) in [5, 5.41) is 8.96. The van der Waals surface area contributed by atoms with Crippen LogP contribution in [0.15, 0.2) is 0 Å². The number of aliphatic hydroxyl groups excluding tert-OH is 1. The van der Waals surface area contributed by atoms with Gasteiger partial charge in [-0.2, -0.15) is 17.4 Å². The maximum atomic E-state index is 12.4. The van der Waals surface area contributed by atoms with E-state index in [4.69, 9.17) is 14.6 Å². The largest absolute Gasteiger partial charge is 0.465 e. The van der Waals surface area contributed by atoms with Crippen LogP contribution >= 0.6 is 0 Å². The molecular formula is C12H24N2O6S. The van der Waals surface area contributed by atoms with Crippen LogP contribution in [0.5, 0.6) is 0 Å². The van der Waals surface area contributed by atoms with Gasteiger partial charge in [0.25, 0.3) is 10.2 Å². The van der Waals surface area contributed by atoms with E-state index in [2.05, 4.69) is 4.72 Å². The molecule has 9 heteroatoms. The van der Waals surface area contributed by atoms with Gasteiger partial charge in [0.2, 0.25) is 0 Å². The summed E-state index contributed by atoms with van der Waals surface area (Å²) < 4.78 is 38.2. The van der Waals surface area contributed by atoms with Crippen LogP contribution in [0.4, 0.5) is 0 Å². The number of aliphatic hydroxyl groups is 1. The first kappa shape index (κ1) is 18.3. The summed E-state index contributed by atoms with van der Waals surface area (Å²) in [5.74, 6) is -0.522. The van der Waals surface area contributed by atoms with E-state index in [1.807, 2.05) is 0 Å². The Morgan fingerprint density at radius 2 is 2.24 bits per heavy atom. The highest BCUT2D eigenvalue weighted by Gasteiger charge is 2.40. The number of esters is 1. The average Bonchev–Trinajstić information content (AvgIpc) is 2.89. The zero-order chi connectivity index (χ0) is 15.9. The molecule has 1 saturated heterocycles. The maximum absolute atomic E-state index is 12.4. The van der Waals surface area contributed by atoms with Crippen LogP contribution in [-0.2, 0) is 24.5 Å². The van der Waals surface area contributed by atoms with E-state index in [9.17, 15) is 13.2 Å². The molecule has 1 fully saturated rings. The van der Waals surface area contributed by atoms with E-state index in [-0.39, 0.29) is 32.8 Å². The summed E-state index contributed by atoms with van der Waals surface area (Å²) in [4.78, 5) is 11.8. The van der Waals surface area contributed by atoms with E-state index in [1.165, 1.54) is 7.11 Å². The van der Waals surface area contributed by atoms with Crippen LogP contribution in [0.1, 0.15) is 26.2 Å². The first-order valence-corrected chi connectivity index (χ1v) is 8.45. The number of ether oxygens (including phenoxy) is 2. The van der Waals surface area contributed by atoms with Gasteiger partial charge < -0.3 is 14.6 Å². The first-order valence-electron chi connectivity index (χ1n) is 7.01. The van der Waals surface area contributed by atoms with Crippen LogP contribution < -0.4 is 4.72 Å². The van der Waals surface area contributed by atoms with E-state index >= 15 is 0 Å². The molecule has 1 rings (SSSR count).